The van der Waals surface area contributed by atoms with Crippen LogP contribution in [0.15, 0.2) is 66.7 Å². The van der Waals surface area contributed by atoms with E-state index < -0.39 is 0 Å². The van der Waals surface area contributed by atoms with Crippen molar-refractivity contribution in [2.24, 2.45) is 7.05 Å². The molecule has 1 aromatic heterocycles. The lowest BCUT2D eigenvalue weighted by molar-refractivity contribution is 0.0529. The molecule has 0 radical (unpaired) electrons. The van der Waals surface area contributed by atoms with Crippen LogP contribution >= 0.6 is 0 Å². The van der Waals surface area contributed by atoms with Crippen LogP contribution in [-0.4, -0.2) is 57.6 Å². The van der Waals surface area contributed by atoms with Crippen molar-refractivity contribution in [3.05, 3.63) is 78.0 Å². The minimum Gasteiger partial charge on any atom is -0.335 e. The van der Waals surface area contributed by atoms with E-state index >= 15 is 0 Å². The lowest BCUT2D eigenvalue weighted by Gasteiger charge is -2.34. The van der Waals surface area contributed by atoms with Crippen LogP contribution in [0.25, 0.3) is 11.3 Å². The van der Waals surface area contributed by atoms with Gasteiger partial charge in [-0.1, -0.05) is 48.5 Å². The molecule has 2 aromatic carbocycles. The van der Waals surface area contributed by atoms with Crippen molar-refractivity contribution in [1.82, 2.24) is 19.6 Å². The van der Waals surface area contributed by atoms with Crippen LogP contribution in [0.3, 0.4) is 0 Å². The number of hydrogen-bond donors (Lipinski definition) is 0. The fourth-order valence-corrected chi connectivity index (χ4v) is 3.46. The second kappa shape index (κ2) is 7.68. The Hall–Kier alpha value is -3.41. The van der Waals surface area contributed by atoms with Crippen molar-refractivity contribution in [1.29, 1.82) is 0 Å². The van der Waals surface area contributed by atoms with Gasteiger partial charge in [0.05, 0.1) is 5.69 Å². The molecule has 1 fully saturated rings. The number of hydrogen-bond acceptors (Lipinski definition) is 3. The molecule has 4 rings (SSSR count). The number of benzene rings is 2. The van der Waals surface area contributed by atoms with Gasteiger partial charge in [0.2, 0.25) is 0 Å². The van der Waals surface area contributed by atoms with E-state index in [1.54, 1.807) is 21.5 Å². The van der Waals surface area contributed by atoms with Crippen LogP contribution in [0.5, 0.6) is 0 Å². The van der Waals surface area contributed by atoms with E-state index in [4.69, 9.17) is 0 Å². The van der Waals surface area contributed by atoms with Crippen molar-refractivity contribution in [2.45, 2.75) is 0 Å². The number of aromatic nitrogens is 2. The van der Waals surface area contributed by atoms with Gasteiger partial charge in [0.15, 0.2) is 0 Å². The van der Waals surface area contributed by atoms with Crippen molar-refractivity contribution in [3.8, 4) is 11.3 Å². The third kappa shape index (κ3) is 3.53. The molecule has 0 N–H and O–H groups in total. The molecule has 0 unspecified atom stereocenters. The summed E-state index contributed by atoms with van der Waals surface area (Å²) in [5.41, 5.74) is 3.00. The molecule has 0 atom stereocenters. The lowest BCUT2D eigenvalue weighted by Crippen LogP contribution is -2.50. The van der Waals surface area contributed by atoms with Gasteiger partial charge in [0.1, 0.15) is 5.69 Å². The highest BCUT2D eigenvalue weighted by atomic mass is 16.2. The minimum absolute atomic E-state index is 0.0135. The summed E-state index contributed by atoms with van der Waals surface area (Å²) >= 11 is 0. The Morgan fingerprint density at radius 2 is 1.32 bits per heavy atom. The van der Waals surface area contributed by atoms with E-state index in [0.717, 1.165) is 11.3 Å². The third-order valence-electron chi connectivity index (χ3n) is 5.04. The average molecular weight is 374 g/mol. The quantitative estimate of drug-likeness (QED) is 0.708. The van der Waals surface area contributed by atoms with Gasteiger partial charge in [-0.15, -0.1) is 0 Å². The highest BCUT2D eigenvalue weighted by Crippen LogP contribution is 2.20. The van der Waals surface area contributed by atoms with E-state index in [0.29, 0.717) is 37.4 Å². The predicted molar refractivity (Wildman–Crippen MR) is 107 cm³/mol. The molecule has 0 aliphatic carbocycles. The molecule has 2 amide bonds. The molecule has 0 spiro atoms. The number of piperazine rings is 1. The lowest BCUT2D eigenvalue weighted by atomic mass is 10.1. The maximum atomic E-state index is 13.0. The van der Waals surface area contributed by atoms with Gasteiger partial charge in [-0.3, -0.25) is 14.3 Å². The molecule has 28 heavy (non-hydrogen) atoms. The number of rotatable bonds is 3. The number of nitrogens with zero attached hydrogens (tertiary/aromatic N) is 4. The Bertz CT molecular complexity index is 974. The highest BCUT2D eigenvalue weighted by Gasteiger charge is 2.27. The Labute approximate surface area is 164 Å². The molecule has 2 heterocycles. The summed E-state index contributed by atoms with van der Waals surface area (Å²) < 4.78 is 1.63. The molecular weight excluding hydrogens is 352 g/mol. The zero-order chi connectivity index (χ0) is 19.5. The zero-order valence-electron chi connectivity index (χ0n) is 15.8. The van der Waals surface area contributed by atoms with Gasteiger partial charge < -0.3 is 9.80 Å². The summed E-state index contributed by atoms with van der Waals surface area (Å²) in [5, 5.41) is 4.48. The predicted octanol–water partition coefficient (Wildman–Crippen LogP) is 2.69. The minimum atomic E-state index is -0.0519. The van der Waals surface area contributed by atoms with Crippen LogP contribution in [-0.2, 0) is 7.05 Å². The highest BCUT2D eigenvalue weighted by molar-refractivity contribution is 5.95. The molecule has 0 saturated carbocycles. The topological polar surface area (TPSA) is 58.4 Å². The molecule has 3 aromatic rings. The number of amides is 2. The molecule has 1 aliphatic heterocycles. The molecule has 142 valence electrons. The number of aryl methyl sites for hydroxylation is 1. The van der Waals surface area contributed by atoms with E-state index in [9.17, 15) is 9.59 Å². The first-order valence-corrected chi connectivity index (χ1v) is 9.36. The molecule has 6 nitrogen and oxygen atoms in total. The first-order valence-electron chi connectivity index (χ1n) is 9.36. The Kier molecular flexibility index (Phi) is 4.93. The summed E-state index contributed by atoms with van der Waals surface area (Å²) in [5.74, 6) is -0.0383. The zero-order valence-corrected chi connectivity index (χ0v) is 15.8. The average Bonchev–Trinajstić information content (AvgIpc) is 3.16. The molecule has 0 bridgehead atoms. The maximum absolute atomic E-state index is 13.0. The standard InChI is InChI=1S/C22H22N4O2/c1-24-20(16-19(23-24)17-8-4-2-5-9-17)22(28)26-14-12-25(13-15-26)21(27)18-10-6-3-7-11-18/h2-11,16H,12-15H2,1H3. The molecule has 1 saturated heterocycles. The van der Waals surface area contributed by atoms with E-state index in [-0.39, 0.29) is 11.8 Å². The van der Waals surface area contributed by atoms with E-state index in [1.807, 2.05) is 66.7 Å². The largest absolute Gasteiger partial charge is 0.335 e. The van der Waals surface area contributed by atoms with Gasteiger partial charge in [-0.05, 0) is 18.2 Å². The SMILES string of the molecule is Cn1nc(-c2ccccc2)cc1C(=O)N1CCN(C(=O)c2ccccc2)CC1. The molecule has 1 aliphatic rings. The fraction of sp³-hybridized carbons (Fsp3) is 0.227. The van der Waals surface area contributed by atoms with Gasteiger partial charge in [-0.25, -0.2) is 0 Å². The second-order valence-electron chi connectivity index (χ2n) is 6.85. The summed E-state index contributed by atoms with van der Waals surface area (Å²) in [6, 6.07) is 20.9. The van der Waals surface area contributed by atoms with Crippen molar-refractivity contribution < 1.29 is 9.59 Å². The van der Waals surface area contributed by atoms with Gasteiger partial charge in [0, 0.05) is 44.4 Å². The number of carbonyl (C=O) groups is 2. The van der Waals surface area contributed by atoms with Gasteiger partial charge >= 0.3 is 0 Å². The van der Waals surface area contributed by atoms with Crippen LogP contribution in [0, 0.1) is 0 Å². The Morgan fingerprint density at radius 1 is 0.786 bits per heavy atom. The summed E-state index contributed by atoms with van der Waals surface area (Å²) in [7, 11) is 1.79. The third-order valence-corrected chi connectivity index (χ3v) is 5.04. The van der Waals surface area contributed by atoms with E-state index in [2.05, 4.69) is 5.10 Å². The van der Waals surface area contributed by atoms with Crippen LogP contribution in [0.4, 0.5) is 0 Å². The first kappa shape index (κ1) is 18.0. The van der Waals surface area contributed by atoms with Crippen LogP contribution in [0.1, 0.15) is 20.8 Å². The number of carbonyl (C=O) groups excluding carboxylic acids is 2. The van der Waals surface area contributed by atoms with Crippen molar-refractivity contribution >= 4 is 11.8 Å². The molecular formula is C22H22N4O2. The Morgan fingerprint density at radius 3 is 1.93 bits per heavy atom. The Balaban J connectivity index is 1.43. The van der Waals surface area contributed by atoms with Crippen LogP contribution < -0.4 is 0 Å². The maximum Gasteiger partial charge on any atom is 0.272 e. The van der Waals surface area contributed by atoms with Crippen molar-refractivity contribution in [3.63, 3.8) is 0 Å². The summed E-state index contributed by atoms with van der Waals surface area (Å²) in [6.07, 6.45) is 0. The summed E-state index contributed by atoms with van der Waals surface area (Å²) in [6.45, 7) is 2.10. The summed E-state index contributed by atoms with van der Waals surface area (Å²) in [4.78, 5) is 29.1. The van der Waals surface area contributed by atoms with Crippen molar-refractivity contribution in [2.75, 3.05) is 26.2 Å². The normalized spacial score (nSPS) is 14.2. The van der Waals surface area contributed by atoms with Gasteiger partial charge in [0.25, 0.3) is 11.8 Å². The monoisotopic (exact) mass is 374 g/mol. The second-order valence-corrected chi connectivity index (χ2v) is 6.85. The van der Waals surface area contributed by atoms with Gasteiger partial charge in [-0.2, -0.15) is 5.10 Å². The van der Waals surface area contributed by atoms with E-state index in [1.165, 1.54) is 0 Å². The van der Waals surface area contributed by atoms with Crippen LogP contribution in [0.2, 0.25) is 0 Å². The fourth-order valence-electron chi connectivity index (χ4n) is 3.46. The first-order chi connectivity index (χ1) is 13.6. The molecule has 6 heteroatoms. The smallest absolute Gasteiger partial charge is 0.272 e.